The van der Waals surface area contributed by atoms with Crippen LogP contribution in [0.5, 0.6) is 0 Å². The van der Waals surface area contributed by atoms with Gasteiger partial charge in [0.25, 0.3) is 0 Å². The minimum Gasteiger partial charge on any atom is -0.284 e. The summed E-state index contributed by atoms with van der Waals surface area (Å²) in [6.45, 7) is 0. The average Bonchev–Trinajstić information content (AvgIpc) is 3.14. The fourth-order valence-electron chi connectivity index (χ4n) is 2.27. The Hall–Kier alpha value is -2.30. The van der Waals surface area contributed by atoms with Gasteiger partial charge in [-0.15, -0.1) is 18.2 Å². The first-order chi connectivity index (χ1) is 10.3. The van der Waals surface area contributed by atoms with Crippen LogP contribution in [-0.4, -0.2) is 19.6 Å². The Bertz CT molecular complexity index is 911. The number of para-hydroxylation sites is 1. The van der Waals surface area contributed by atoms with Crippen LogP contribution in [0.25, 0.3) is 22.3 Å². The minimum absolute atomic E-state index is 0. The molecule has 0 aliphatic heterocycles. The molecule has 0 aliphatic carbocycles. The molecule has 0 unspecified atom stereocenters. The first-order valence-corrected chi connectivity index (χ1v) is 6.47. The molecule has 22 heavy (non-hydrogen) atoms. The maximum Gasteiger partial charge on any atom is 0.104 e. The first-order valence-electron chi connectivity index (χ1n) is 6.47. The summed E-state index contributed by atoms with van der Waals surface area (Å²) < 4.78 is 16.4. The van der Waals surface area contributed by atoms with E-state index in [-0.39, 0.29) is 25.9 Å². The Kier molecular flexibility index (Phi) is 3.88. The van der Waals surface area contributed by atoms with Gasteiger partial charge in [0.05, 0.1) is 24.1 Å². The van der Waals surface area contributed by atoms with Crippen molar-refractivity contribution in [2.75, 3.05) is 0 Å². The average molecular weight is 469 g/mol. The molecule has 2 aromatic heterocycles. The minimum atomic E-state index is -0.316. The second-order valence-electron chi connectivity index (χ2n) is 4.65. The zero-order chi connectivity index (χ0) is 14.2. The molecule has 0 spiro atoms. The van der Waals surface area contributed by atoms with Crippen molar-refractivity contribution in [3.8, 4) is 11.4 Å². The number of hydrogen-bond donors (Lipinski definition) is 0. The number of halogens is 1. The van der Waals surface area contributed by atoms with Crippen LogP contribution in [0.3, 0.4) is 0 Å². The van der Waals surface area contributed by atoms with Gasteiger partial charge in [0.15, 0.2) is 0 Å². The molecule has 0 saturated carbocycles. The molecule has 2 heterocycles. The largest absolute Gasteiger partial charge is 0.284 e. The Morgan fingerprint density at radius 1 is 1.00 bits per heavy atom. The normalized spacial score (nSPS) is 10.6. The summed E-state index contributed by atoms with van der Waals surface area (Å²) in [6, 6.07) is 15.1. The van der Waals surface area contributed by atoms with Crippen molar-refractivity contribution in [1.82, 2.24) is 19.6 Å². The number of hydrogen-bond acceptors (Lipinski definition) is 2. The monoisotopic (exact) mass is 470 g/mol. The maximum absolute atomic E-state index is 12.9. The first kappa shape index (κ1) is 14.6. The van der Waals surface area contributed by atoms with Crippen molar-refractivity contribution in [1.29, 1.82) is 0 Å². The fraction of sp³-hybridized carbons (Fsp3) is 0. The van der Waals surface area contributed by atoms with E-state index in [1.807, 2.05) is 41.3 Å². The molecular formula is C16H10FIrN4-. The third-order valence-electron chi connectivity index (χ3n) is 3.30. The smallest absolute Gasteiger partial charge is 0.104 e. The maximum atomic E-state index is 12.9. The van der Waals surface area contributed by atoms with Crippen molar-refractivity contribution in [2.24, 2.45) is 0 Å². The molecule has 4 aromatic rings. The molecule has 0 aliphatic rings. The quantitative estimate of drug-likeness (QED) is 0.423. The predicted octanol–water partition coefficient (Wildman–Crippen LogP) is 3.15. The number of nitrogens with zero attached hydrogens (tertiary/aromatic N) is 4. The van der Waals surface area contributed by atoms with Gasteiger partial charge in [0.2, 0.25) is 0 Å². The summed E-state index contributed by atoms with van der Waals surface area (Å²) in [5, 5.41) is 9.73. The molecule has 0 fully saturated rings. The van der Waals surface area contributed by atoms with E-state index in [1.165, 1.54) is 12.1 Å². The van der Waals surface area contributed by atoms with E-state index in [1.54, 1.807) is 16.9 Å². The van der Waals surface area contributed by atoms with Crippen LogP contribution in [0.4, 0.5) is 4.39 Å². The van der Waals surface area contributed by atoms with Crippen molar-refractivity contribution >= 4 is 10.9 Å². The van der Waals surface area contributed by atoms with Gasteiger partial charge in [0, 0.05) is 31.3 Å². The van der Waals surface area contributed by atoms with Gasteiger partial charge in [-0.05, 0) is 11.8 Å². The Morgan fingerprint density at radius 2 is 1.86 bits per heavy atom. The van der Waals surface area contributed by atoms with E-state index in [4.69, 9.17) is 0 Å². The third kappa shape index (κ3) is 2.47. The molecule has 0 N–H and O–H groups in total. The number of rotatable bonds is 2. The van der Waals surface area contributed by atoms with Crippen LogP contribution in [0, 0.1) is 11.9 Å². The van der Waals surface area contributed by atoms with E-state index >= 15 is 0 Å². The van der Waals surface area contributed by atoms with Crippen LogP contribution < -0.4 is 0 Å². The topological polar surface area (TPSA) is 35.6 Å². The molecular weight excluding hydrogens is 459 g/mol. The summed E-state index contributed by atoms with van der Waals surface area (Å²) in [5.74, 6) is -0.316. The molecule has 6 heteroatoms. The summed E-state index contributed by atoms with van der Waals surface area (Å²) in [4.78, 5) is 0. The zero-order valence-corrected chi connectivity index (χ0v) is 13.7. The molecule has 2 aromatic carbocycles. The number of fused-ring (bicyclic) bond motifs is 1. The predicted molar refractivity (Wildman–Crippen MR) is 77.0 cm³/mol. The van der Waals surface area contributed by atoms with E-state index in [0.29, 0.717) is 5.69 Å². The van der Waals surface area contributed by atoms with Crippen LogP contribution in [0.2, 0.25) is 0 Å². The molecule has 0 amide bonds. The van der Waals surface area contributed by atoms with Crippen LogP contribution in [-0.2, 0) is 20.1 Å². The number of benzene rings is 2. The molecule has 0 atom stereocenters. The number of aromatic nitrogens is 4. The van der Waals surface area contributed by atoms with Gasteiger partial charge in [-0.1, -0.05) is 18.2 Å². The second-order valence-corrected chi connectivity index (χ2v) is 4.65. The fourth-order valence-corrected chi connectivity index (χ4v) is 2.27. The van der Waals surface area contributed by atoms with Crippen molar-refractivity contribution in [3.05, 3.63) is 72.9 Å². The third-order valence-corrected chi connectivity index (χ3v) is 3.30. The zero-order valence-electron chi connectivity index (χ0n) is 11.3. The molecule has 4 nitrogen and oxygen atoms in total. The molecule has 1 radical (unpaired) electrons. The van der Waals surface area contributed by atoms with Crippen molar-refractivity contribution in [3.63, 3.8) is 0 Å². The summed E-state index contributed by atoms with van der Waals surface area (Å²) in [7, 11) is 0. The van der Waals surface area contributed by atoms with Crippen molar-refractivity contribution < 1.29 is 24.5 Å². The Morgan fingerprint density at radius 3 is 2.68 bits per heavy atom. The standard InChI is InChI=1S/C16H10FN4.Ir/c17-13-5-7-14(8-6-13)20-11-15(10-18-20)21-16-4-2-1-3-12(16)9-19-21;/h1-7,9-11H;/q-1;. The summed E-state index contributed by atoms with van der Waals surface area (Å²) >= 11 is 0. The SMILES string of the molecule is Fc1c[c-]c(-n2cc(-n3ncc4ccccc43)cn2)cc1.[Ir]. The van der Waals surface area contributed by atoms with E-state index in [9.17, 15) is 4.39 Å². The Labute approximate surface area is 139 Å². The molecule has 0 bridgehead atoms. The summed E-state index contributed by atoms with van der Waals surface area (Å²) in [6.07, 6.45) is 5.37. The van der Waals surface area contributed by atoms with E-state index in [0.717, 1.165) is 16.6 Å². The van der Waals surface area contributed by atoms with Gasteiger partial charge < -0.3 is 0 Å². The van der Waals surface area contributed by atoms with Gasteiger partial charge in [-0.2, -0.15) is 16.3 Å². The Balaban J connectivity index is 0.00000144. The van der Waals surface area contributed by atoms with E-state index in [2.05, 4.69) is 16.3 Å². The summed E-state index contributed by atoms with van der Waals surface area (Å²) in [5.41, 5.74) is 2.54. The van der Waals surface area contributed by atoms with Crippen molar-refractivity contribution in [2.45, 2.75) is 0 Å². The second kappa shape index (κ2) is 5.83. The molecule has 111 valence electrons. The van der Waals surface area contributed by atoms with Gasteiger partial charge in [-0.3, -0.25) is 9.07 Å². The van der Waals surface area contributed by atoms with Crippen LogP contribution in [0.15, 0.2) is 61.1 Å². The van der Waals surface area contributed by atoms with Gasteiger partial charge >= 0.3 is 0 Å². The van der Waals surface area contributed by atoms with Crippen LogP contribution in [0.1, 0.15) is 0 Å². The van der Waals surface area contributed by atoms with Crippen LogP contribution >= 0.6 is 0 Å². The van der Waals surface area contributed by atoms with Gasteiger partial charge in [-0.25, -0.2) is 4.68 Å². The molecule has 0 saturated heterocycles. The van der Waals surface area contributed by atoms with Gasteiger partial charge in [0.1, 0.15) is 5.69 Å². The van der Waals surface area contributed by atoms with E-state index < -0.39 is 0 Å². The molecule has 4 rings (SSSR count).